The van der Waals surface area contributed by atoms with Gasteiger partial charge in [0.05, 0.1) is 24.5 Å². The number of carbonyl (C=O) groups is 1. The van der Waals surface area contributed by atoms with Crippen LogP contribution in [-0.2, 0) is 11.3 Å². The van der Waals surface area contributed by atoms with Gasteiger partial charge in [-0.2, -0.15) is 0 Å². The fourth-order valence-electron chi connectivity index (χ4n) is 2.11. The topological polar surface area (TPSA) is 47.6 Å². The molecular weight excluding hydrogens is 297 g/mol. The fraction of sp³-hybridized carbons (Fsp3) is 0.278. The van der Waals surface area contributed by atoms with Crippen LogP contribution in [0.1, 0.15) is 29.8 Å². The Kier molecular flexibility index (Phi) is 5.57. The lowest BCUT2D eigenvalue weighted by Crippen LogP contribution is -2.10. The Bertz CT molecular complexity index is 686. The smallest absolute Gasteiger partial charge is 0.337 e. The van der Waals surface area contributed by atoms with Crippen LogP contribution >= 0.6 is 0 Å². The molecule has 2 rings (SSSR count). The van der Waals surface area contributed by atoms with E-state index >= 15 is 0 Å². The number of hydrogen-bond acceptors (Lipinski definition) is 4. The summed E-state index contributed by atoms with van der Waals surface area (Å²) in [7, 11) is 1.33. The molecule has 5 heteroatoms. The Labute approximate surface area is 135 Å². The summed E-state index contributed by atoms with van der Waals surface area (Å²) in [4.78, 5) is 11.7. The summed E-state index contributed by atoms with van der Waals surface area (Å²) in [6.07, 6.45) is -0.00584. The number of esters is 1. The minimum Gasteiger partial charge on any atom is -0.489 e. The maximum Gasteiger partial charge on any atom is 0.337 e. The molecule has 0 saturated heterocycles. The van der Waals surface area contributed by atoms with Crippen molar-refractivity contribution in [2.24, 2.45) is 0 Å². The average molecular weight is 317 g/mol. The molecule has 0 atom stereocenters. The van der Waals surface area contributed by atoms with Gasteiger partial charge in [-0.05, 0) is 49.7 Å². The SMILES string of the molecule is COC(=O)c1ccc(OC(C)C)c(NCc2cccc(F)c2)c1. The lowest BCUT2D eigenvalue weighted by Gasteiger charge is -2.16. The third-order valence-electron chi connectivity index (χ3n) is 3.14. The van der Waals surface area contributed by atoms with Crippen LogP contribution in [0.2, 0.25) is 0 Å². The Morgan fingerprint density at radius 3 is 2.65 bits per heavy atom. The molecule has 0 bridgehead atoms. The first-order valence-corrected chi connectivity index (χ1v) is 7.37. The number of nitrogens with one attached hydrogen (secondary N) is 1. The Morgan fingerprint density at radius 1 is 1.22 bits per heavy atom. The number of anilines is 1. The van der Waals surface area contributed by atoms with Crippen LogP contribution in [0.15, 0.2) is 42.5 Å². The maximum atomic E-state index is 13.2. The summed E-state index contributed by atoms with van der Waals surface area (Å²) in [6.45, 7) is 4.26. The Balaban J connectivity index is 2.23. The number of methoxy groups -OCH3 is 1. The zero-order valence-electron chi connectivity index (χ0n) is 13.4. The summed E-state index contributed by atoms with van der Waals surface area (Å²) in [5, 5.41) is 3.18. The molecular formula is C18H20FNO3. The van der Waals surface area contributed by atoms with Crippen molar-refractivity contribution in [2.45, 2.75) is 26.5 Å². The second kappa shape index (κ2) is 7.63. The van der Waals surface area contributed by atoms with Gasteiger partial charge < -0.3 is 14.8 Å². The highest BCUT2D eigenvalue weighted by atomic mass is 19.1. The van der Waals surface area contributed by atoms with Gasteiger partial charge in [-0.25, -0.2) is 9.18 Å². The highest BCUT2D eigenvalue weighted by Crippen LogP contribution is 2.28. The first-order chi connectivity index (χ1) is 11.0. The van der Waals surface area contributed by atoms with Crippen molar-refractivity contribution in [1.82, 2.24) is 0 Å². The van der Waals surface area contributed by atoms with Crippen LogP contribution in [0.25, 0.3) is 0 Å². The summed E-state index contributed by atoms with van der Waals surface area (Å²) < 4.78 is 23.7. The van der Waals surface area contributed by atoms with Crippen LogP contribution in [-0.4, -0.2) is 19.2 Å². The molecule has 0 aliphatic heterocycles. The zero-order valence-corrected chi connectivity index (χ0v) is 13.4. The van der Waals surface area contributed by atoms with Gasteiger partial charge in [0, 0.05) is 6.54 Å². The summed E-state index contributed by atoms with van der Waals surface area (Å²) in [5.74, 6) is -0.0785. The second-order valence-corrected chi connectivity index (χ2v) is 5.35. The normalized spacial score (nSPS) is 10.5. The molecule has 0 aliphatic rings. The number of halogens is 1. The van der Waals surface area contributed by atoms with Gasteiger partial charge in [-0.1, -0.05) is 12.1 Å². The van der Waals surface area contributed by atoms with E-state index in [-0.39, 0.29) is 11.9 Å². The van der Waals surface area contributed by atoms with Crippen LogP contribution in [0.4, 0.5) is 10.1 Å². The van der Waals surface area contributed by atoms with Crippen LogP contribution in [0, 0.1) is 5.82 Å². The van der Waals surface area contributed by atoms with Crippen LogP contribution in [0.5, 0.6) is 5.75 Å². The molecule has 2 aromatic carbocycles. The second-order valence-electron chi connectivity index (χ2n) is 5.35. The highest BCUT2D eigenvalue weighted by Gasteiger charge is 2.12. The maximum absolute atomic E-state index is 13.2. The quantitative estimate of drug-likeness (QED) is 0.818. The van der Waals surface area contributed by atoms with Gasteiger partial charge in [0.25, 0.3) is 0 Å². The Hall–Kier alpha value is -2.56. The van der Waals surface area contributed by atoms with Gasteiger partial charge in [0.15, 0.2) is 0 Å². The predicted octanol–water partition coefficient (Wildman–Crippen LogP) is 4.01. The van der Waals surface area contributed by atoms with Crippen LogP contribution in [0.3, 0.4) is 0 Å². The molecule has 0 amide bonds. The standard InChI is InChI=1S/C18H20FNO3/c1-12(2)23-17-8-7-14(18(21)22-3)10-16(17)20-11-13-5-4-6-15(19)9-13/h4-10,12,20H,11H2,1-3H3. The molecule has 0 spiro atoms. The molecule has 0 heterocycles. The monoisotopic (exact) mass is 317 g/mol. The van der Waals surface area contributed by atoms with Crippen molar-refractivity contribution in [3.8, 4) is 5.75 Å². The Morgan fingerprint density at radius 2 is 2.00 bits per heavy atom. The predicted molar refractivity (Wildman–Crippen MR) is 87.3 cm³/mol. The van der Waals surface area contributed by atoms with E-state index in [1.807, 2.05) is 19.9 Å². The summed E-state index contributed by atoms with van der Waals surface area (Å²) in [5.41, 5.74) is 1.88. The van der Waals surface area contributed by atoms with E-state index < -0.39 is 5.97 Å². The van der Waals surface area contributed by atoms with Crippen molar-refractivity contribution < 1.29 is 18.7 Å². The molecule has 0 aromatic heterocycles. The van der Waals surface area contributed by atoms with E-state index in [2.05, 4.69) is 5.32 Å². The number of benzene rings is 2. The fourth-order valence-corrected chi connectivity index (χ4v) is 2.11. The molecule has 0 radical (unpaired) electrons. The molecule has 4 nitrogen and oxygen atoms in total. The highest BCUT2D eigenvalue weighted by molar-refractivity contribution is 5.91. The molecule has 0 aliphatic carbocycles. The molecule has 0 saturated carbocycles. The van der Waals surface area contributed by atoms with Gasteiger partial charge >= 0.3 is 5.97 Å². The molecule has 1 N–H and O–H groups in total. The average Bonchev–Trinajstić information content (AvgIpc) is 2.52. The van der Waals surface area contributed by atoms with Crippen molar-refractivity contribution in [3.63, 3.8) is 0 Å². The zero-order chi connectivity index (χ0) is 16.8. The first kappa shape index (κ1) is 16.8. The minimum absolute atomic E-state index is 0.00584. The third kappa shape index (κ3) is 4.71. The third-order valence-corrected chi connectivity index (χ3v) is 3.14. The molecule has 23 heavy (non-hydrogen) atoms. The molecule has 122 valence electrons. The lowest BCUT2D eigenvalue weighted by atomic mass is 10.1. The van der Waals surface area contributed by atoms with Crippen molar-refractivity contribution >= 4 is 11.7 Å². The van der Waals surface area contributed by atoms with Crippen molar-refractivity contribution in [1.29, 1.82) is 0 Å². The first-order valence-electron chi connectivity index (χ1n) is 7.37. The van der Waals surface area contributed by atoms with Crippen LogP contribution < -0.4 is 10.1 Å². The van der Waals surface area contributed by atoms with Crippen molar-refractivity contribution in [2.75, 3.05) is 12.4 Å². The largest absolute Gasteiger partial charge is 0.489 e. The minimum atomic E-state index is -0.421. The summed E-state index contributed by atoms with van der Waals surface area (Å²) >= 11 is 0. The van der Waals surface area contributed by atoms with E-state index in [0.717, 1.165) is 5.56 Å². The van der Waals surface area contributed by atoms with E-state index in [1.54, 1.807) is 24.3 Å². The number of carbonyl (C=O) groups excluding carboxylic acids is 1. The van der Waals surface area contributed by atoms with E-state index in [9.17, 15) is 9.18 Å². The van der Waals surface area contributed by atoms with Gasteiger partial charge in [-0.3, -0.25) is 0 Å². The molecule has 0 unspecified atom stereocenters. The van der Waals surface area contributed by atoms with E-state index in [1.165, 1.54) is 19.2 Å². The van der Waals surface area contributed by atoms with Gasteiger partial charge in [0.1, 0.15) is 11.6 Å². The number of rotatable bonds is 6. The molecule has 0 fully saturated rings. The van der Waals surface area contributed by atoms with E-state index in [4.69, 9.17) is 9.47 Å². The molecule has 2 aromatic rings. The lowest BCUT2D eigenvalue weighted by molar-refractivity contribution is 0.0600. The number of hydrogen-bond donors (Lipinski definition) is 1. The van der Waals surface area contributed by atoms with E-state index in [0.29, 0.717) is 23.5 Å². The number of ether oxygens (including phenoxy) is 2. The van der Waals surface area contributed by atoms with Crippen molar-refractivity contribution in [3.05, 3.63) is 59.4 Å². The summed E-state index contributed by atoms with van der Waals surface area (Å²) in [6, 6.07) is 11.4. The van der Waals surface area contributed by atoms with Gasteiger partial charge in [-0.15, -0.1) is 0 Å². The van der Waals surface area contributed by atoms with Gasteiger partial charge in [0.2, 0.25) is 0 Å².